The van der Waals surface area contributed by atoms with Crippen LogP contribution in [0.25, 0.3) is 6.08 Å². The average Bonchev–Trinajstić information content (AvgIpc) is 3.02. The molecule has 0 amide bonds. The van der Waals surface area contributed by atoms with Crippen LogP contribution in [0.1, 0.15) is 18.1 Å². The van der Waals surface area contributed by atoms with E-state index in [2.05, 4.69) is 0 Å². The highest BCUT2D eigenvalue weighted by Gasteiger charge is 2.52. The van der Waals surface area contributed by atoms with Gasteiger partial charge in [0.05, 0.1) is 26.4 Å². The Kier molecular flexibility index (Phi) is 11.6. The summed E-state index contributed by atoms with van der Waals surface area (Å²) in [5.41, 5.74) is 1.01. The lowest BCUT2D eigenvalue weighted by Crippen LogP contribution is -2.65. The predicted molar refractivity (Wildman–Crippen MR) is 152 cm³/mol. The number of aliphatic hydroxyl groups is 5. The molecule has 4 rings (SSSR count). The molecule has 8 N–H and O–H groups in total. The molecule has 2 aromatic carbocycles. The number of rotatable bonds is 11. The molecular weight excluding hydrogens is 600 g/mol. The topological polar surface area (TPSA) is 234 Å². The first kappa shape index (κ1) is 34.4. The molecule has 0 radical (unpaired) electrons. The number of carbonyl (C=O) groups is 1. The molecule has 2 unspecified atom stereocenters. The second kappa shape index (κ2) is 15.2. The lowest BCUT2D eigenvalue weighted by molar-refractivity contribution is -0.357. The maximum Gasteiger partial charge on any atom is 0.331 e. The Morgan fingerprint density at radius 2 is 1.62 bits per heavy atom. The molecule has 0 spiro atoms. The highest BCUT2D eigenvalue weighted by molar-refractivity contribution is 5.87. The van der Waals surface area contributed by atoms with Crippen molar-refractivity contribution < 1.29 is 74.1 Å². The molecule has 0 bridgehead atoms. The summed E-state index contributed by atoms with van der Waals surface area (Å²) < 4.78 is 33.3. The summed E-state index contributed by atoms with van der Waals surface area (Å²) in [6.45, 7) is 0.640. The Balaban J connectivity index is 1.52. The zero-order valence-corrected chi connectivity index (χ0v) is 24.4. The van der Waals surface area contributed by atoms with Gasteiger partial charge >= 0.3 is 5.97 Å². The van der Waals surface area contributed by atoms with Crippen molar-refractivity contribution >= 4 is 12.0 Å². The third-order valence-electron chi connectivity index (χ3n) is 7.47. The number of phenols is 3. The van der Waals surface area contributed by atoms with Gasteiger partial charge in [-0.15, -0.1) is 0 Å². The van der Waals surface area contributed by atoms with E-state index in [9.17, 15) is 45.6 Å². The SMILES string of the molecule is COc1ccc(/C=C/C(=O)O[C@H]2[C@H](OC3O[C@@H](C)[C@H](O)[C@@H](O)[C@H]3O)[C@@H](O)C(OCCc3ccc(O)c(O)c3)O[C@@H]2CO)cc1O. The van der Waals surface area contributed by atoms with Gasteiger partial charge in [-0.05, 0) is 54.8 Å². The summed E-state index contributed by atoms with van der Waals surface area (Å²) in [6.07, 6.45) is -12.4. The molecule has 15 heteroatoms. The standard InChI is InChI=1S/C30H38O15/c1-14-23(36)24(37)25(38)30(42-14)45-28-26(39)29(41-10-9-16-3-6-17(32)18(33)11-16)43-21(13-31)27(28)44-22(35)8-5-15-4-7-20(40-2)19(34)12-15/h3-8,11-12,14,21,23-34,36-39H,9-10,13H2,1-2H3/b8-5+/t14-,21+,23-,24+,25+,26+,27+,28+,29?,30?/m0/s1. The Bertz CT molecular complexity index is 1320. The number of aromatic hydroxyl groups is 3. The van der Waals surface area contributed by atoms with E-state index in [1.165, 1.54) is 44.4 Å². The zero-order valence-electron chi connectivity index (χ0n) is 24.4. The predicted octanol–water partition coefficient (Wildman–Crippen LogP) is -0.713. The number of benzene rings is 2. The summed E-state index contributed by atoms with van der Waals surface area (Å²) in [7, 11) is 1.39. The van der Waals surface area contributed by atoms with Gasteiger partial charge in [-0.25, -0.2) is 4.79 Å². The van der Waals surface area contributed by atoms with Crippen molar-refractivity contribution in [3.8, 4) is 23.0 Å². The van der Waals surface area contributed by atoms with E-state index >= 15 is 0 Å². The molecule has 0 aromatic heterocycles. The van der Waals surface area contributed by atoms with E-state index in [-0.39, 0.29) is 36.0 Å². The molecule has 248 valence electrons. The molecule has 0 saturated carbocycles. The molecule has 15 nitrogen and oxygen atoms in total. The number of aliphatic hydroxyl groups excluding tert-OH is 5. The van der Waals surface area contributed by atoms with E-state index in [4.69, 9.17) is 28.4 Å². The fourth-order valence-electron chi connectivity index (χ4n) is 4.92. The van der Waals surface area contributed by atoms with Crippen molar-refractivity contribution in [1.29, 1.82) is 0 Å². The normalized spacial score (nSPS) is 32.0. The molecule has 2 saturated heterocycles. The molecule has 2 aromatic rings. The number of esters is 1. The molecule has 2 heterocycles. The Hall–Kier alpha value is -3.51. The van der Waals surface area contributed by atoms with E-state index in [1.54, 1.807) is 12.1 Å². The molecule has 10 atom stereocenters. The first-order valence-corrected chi connectivity index (χ1v) is 14.1. The van der Waals surface area contributed by atoms with Gasteiger partial charge in [0.15, 0.2) is 41.7 Å². The van der Waals surface area contributed by atoms with Crippen molar-refractivity contribution in [2.24, 2.45) is 0 Å². The van der Waals surface area contributed by atoms with Crippen LogP contribution in [0.4, 0.5) is 0 Å². The van der Waals surface area contributed by atoms with Crippen LogP contribution in [0.15, 0.2) is 42.5 Å². The Labute approximate surface area is 258 Å². The Morgan fingerprint density at radius 3 is 2.29 bits per heavy atom. The summed E-state index contributed by atoms with van der Waals surface area (Å²) >= 11 is 0. The molecule has 45 heavy (non-hydrogen) atoms. The minimum absolute atomic E-state index is 0.0663. The number of carbonyl (C=O) groups excluding carboxylic acids is 1. The smallest absolute Gasteiger partial charge is 0.331 e. The quantitative estimate of drug-likeness (QED) is 0.0862. The molecule has 2 aliphatic heterocycles. The summed E-state index contributed by atoms with van der Waals surface area (Å²) in [4.78, 5) is 12.9. The average molecular weight is 639 g/mol. The fourth-order valence-corrected chi connectivity index (χ4v) is 4.92. The summed E-state index contributed by atoms with van der Waals surface area (Å²) in [5, 5.41) is 81.5. The van der Waals surface area contributed by atoms with Crippen LogP contribution in [-0.4, -0.2) is 129 Å². The van der Waals surface area contributed by atoms with E-state index in [1.807, 2.05) is 0 Å². The molecule has 2 fully saturated rings. The lowest BCUT2D eigenvalue weighted by atomic mass is 9.97. The van der Waals surface area contributed by atoms with E-state index < -0.39 is 74.0 Å². The van der Waals surface area contributed by atoms with Crippen molar-refractivity contribution in [3.63, 3.8) is 0 Å². The number of hydrogen-bond acceptors (Lipinski definition) is 15. The maximum atomic E-state index is 12.9. The second-order valence-electron chi connectivity index (χ2n) is 10.6. The maximum absolute atomic E-state index is 12.9. The number of phenolic OH excluding ortho intramolecular Hbond substituents is 3. The largest absolute Gasteiger partial charge is 0.504 e. The van der Waals surface area contributed by atoms with Gasteiger partial charge in [-0.1, -0.05) is 12.1 Å². The highest BCUT2D eigenvalue weighted by atomic mass is 16.7. The third-order valence-corrected chi connectivity index (χ3v) is 7.47. The minimum Gasteiger partial charge on any atom is -0.504 e. The first-order chi connectivity index (χ1) is 21.4. The van der Waals surface area contributed by atoms with Crippen LogP contribution < -0.4 is 4.74 Å². The number of methoxy groups -OCH3 is 1. The van der Waals surface area contributed by atoms with Crippen LogP contribution in [0.2, 0.25) is 0 Å². The van der Waals surface area contributed by atoms with Gasteiger partial charge in [0, 0.05) is 6.08 Å². The van der Waals surface area contributed by atoms with Crippen molar-refractivity contribution in [3.05, 3.63) is 53.6 Å². The molecular formula is C30H38O15. The lowest BCUT2D eigenvalue weighted by Gasteiger charge is -2.46. The molecule has 0 aliphatic carbocycles. The third kappa shape index (κ3) is 8.21. The number of ether oxygens (including phenoxy) is 6. The first-order valence-electron chi connectivity index (χ1n) is 14.1. The number of hydrogen-bond donors (Lipinski definition) is 8. The van der Waals surface area contributed by atoms with Crippen molar-refractivity contribution in [2.45, 2.75) is 74.8 Å². The van der Waals surface area contributed by atoms with Crippen LogP contribution in [0.3, 0.4) is 0 Å². The van der Waals surface area contributed by atoms with Crippen LogP contribution in [0.5, 0.6) is 23.0 Å². The van der Waals surface area contributed by atoms with Gasteiger partial charge in [-0.3, -0.25) is 0 Å². The van der Waals surface area contributed by atoms with Crippen molar-refractivity contribution in [2.75, 3.05) is 20.3 Å². The summed E-state index contributed by atoms with van der Waals surface area (Å²) in [5.74, 6) is -1.51. The van der Waals surface area contributed by atoms with E-state index in [0.717, 1.165) is 6.08 Å². The minimum atomic E-state index is -1.76. The van der Waals surface area contributed by atoms with Gasteiger partial charge in [0.25, 0.3) is 0 Å². The Morgan fingerprint density at radius 1 is 0.867 bits per heavy atom. The summed E-state index contributed by atoms with van der Waals surface area (Å²) in [6, 6.07) is 8.60. The van der Waals surface area contributed by atoms with Crippen LogP contribution in [-0.2, 0) is 34.9 Å². The van der Waals surface area contributed by atoms with Gasteiger partial charge in [0.2, 0.25) is 0 Å². The fraction of sp³-hybridized carbons (Fsp3) is 0.500. The second-order valence-corrected chi connectivity index (χ2v) is 10.6. The molecule has 2 aliphatic rings. The van der Waals surface area contributed by atoms with Crippen LogP contribution >= 0.6 is 0 Å². The van der Waals surface area contributed by atoms with E-state index in [0.29, 0.717) is 11.1 Å². The van der Waals surface area contributed by atoms with Crippen molar-refractivity contribution in [1.82, 2.24) is 0 Å². The highest BCUT2D eigenvalue weighted by Crippen LogP contribution is 2.32. The monoisotopic (exact) mass is 638 g/mol. The van der Waals surface area contributed by atoms with Gasteiger partial charge in [0.1, 0.15) is 36.6 Å². The zero-order chi connectivity index (χ0) is 32.8. The van der Waals surface area contributed by atoms with Gasteiger partial charge in [-0.2, -0.15) is 0 Å². The van der Waals surface area contributed by atoms with Gasteiger partial charge < -0.3 is 69.3 Å². The van der Waals surface area contributed by atoms with Crippen LogP contribution in [0, 0.1) is 0 Å².